The van der Waals surface area contributed by atoms with Crippen molar-refractivity contribution < 1.29 is 14.3 Å². The summed E-state index contributed by atoms with van der Waals surface area (Å²) in [5, 5.41) is 3.22. The van der Waals surface area contributed by atoms with Gasteiger partial charge in [-0.2, -0.15) is 0 Å². The Kier molecular flexibility index (Phi) is 3.41. The van der Waals surface area contributed by atoms with Gasteiger partial charge in [-0.3, -0.25) is 10.1 Å². The van der Waals surface area contributed by atoms with Gasteiger partial charge in [0.25, 0.3) is 0 Å². The third kappa shape index (κ3) is 4.18. The molecule has 1 saturated heterocycles. The van der Waals surface area contributed by atoms with E-state index in [0.717, 1.165) is 0 Å². The van der Waals surface area contributed by atoms with Crippen molar-refractivity contribution in [1.29, 1.82) is 0 Å². The standard InChI is InChI=1S/C11H21NO3/c1-10(2,3)15-9(13)8-6-14-7-11(4,5)12-8/h8,12H,6-7H2,1-5H3. The Morgan fingerprint density at radius 3 is 2.53 bits per heavy atom. The molecular weight excluding hydrogens is 194 g/mol. The third-order valence-electron chi connectivity index (χ3n) is 2.00. The highest BCUT2D eigenvalue weighted by Gasteiger charge is 2.34. The second-order valence-electron chi connectivity index (χ2n) is 5.63. The van der Waals surface area contributed by atoms with Crippen LogP contribution in [0.4, 0.5) is 0 Å². The van der Waals surface area contributed by atoms with Crippen molar-refractivity contribution in [3.63, 3.8) is 0 Å². The number of carbonyl (C=O) groups is 1. The van der Waals surface area contributed by atoms with Crippen LogP contribution in [0.15, 0.2) is 0 Å². The van der Waals surface area contributed by atoms with E-state index in [9.17, 15) is 4.79 Å². The predicted molar refractivity (Wildman–Crippen MR) is 57.7 cm³/mol. The second kappa shape index (κ2) is 4.10. The van der Waals surface area contributed by atoms with Gasteiger partial charge in [0, 0.05) is 5.54 Å². The van der Waals surface area contributed by atoms with Gasteiger partial charge in [0.2, 0.25) is 0 Å². The maximum absolute atomic E-state index is 11.7. The molecule has 1 atom stereocenters. The van der Waals surface area contributed by atoms with Crippen LogP contribution >= 0.6 is 0 Å². The molecule has 0 aromatic heterocycles. The van der Waals surface area contributed by atoms with Crippen LogP contribution in [0, 0.1) is 0 Å². The molecule has 0 aromatic carbocycles. The van der Waals surface area contributed by atoms with Crippen molar-refractivity contribution in [3.8, 4) is 0 Å². The van der Waals surface area contributed by atoms with E-state index in [-0.39, 0.29) is 17.6 Å². The molecule has 15 heavy (non-hydrogen) atoms. The van der Waals surface area contributed by atoms with Gasteiger partial charge in [-0.1, -0.05) is 0 Å². The van der Waals surface area contributed by atoms with Gasteiger partial charge in [0.15, 0.2) is 0 Å². The van der Waals surface area contributed by atoms with Crippen LogP contribution in [0.5, 0.6) is 0 Å². The summed E-state index contributed by atoms with van der Waals surface area (Å²) in [5.74, 6) is -0.240. The maximum atomic E-state index is 11.7. The number of esters is 1. The minimum absolute atomic E-state index is 0.167. The Balaban J connectivity index is 2.53. The largest absolute Gasteiger partial charge is 0.459 e. The lowest BCUT2D eigenvalue weighted by Crippen LogP contribution is -2.59. The van der Waals surface area contributed by atoms with Crippen molar-refractivity contribution >= 4 is 5.97 Å². The van der Waals surface area contributed by atoms with Gasteiger partial charge in [0.05, 0.1) is 13.2 Å². The van der Waals surface area contributed by atoms with Crippen molar-refractivity contribution in [2.75, 3.05) is 13.2 Å². The Morgan fingerprint density at radius 2 is 2.07 bits per heavy atom. The maximum Gasteiger partial charge on any atom is 0.326 e. The minimum Gasteiger partial charge on any atom is -0.459 e. The summed E-state index contributed by atoms with van der Waals surface area (Å²) in [7, 11) is 0. The zero-order chi connectivity index (χ0) is 11.7. The lowest BCUT2D eigenvalue weighted by molar-refractivity contribution is -0.162. The molecule has 1 aliphatic rings. The number of hydrogen-bond acceptors (Lipinski definition) is 4. The van der Waals surface area contributed by atoms with Crippen molar-refractivity contribution in [1.82, 2.24) is 5.32 Å². The highest BCUT2D eigenvalue weighted by molar-refractivity contribution is 5.76. The van der Waals surface area contributed by atoms with E-state index in [4.69, 9.17) is 9.47 Å². The summed E-state index contributed by atoms with van der Waals surface area (Å²) < 4.78 is 10.7. The fourth-order valence-electron chi connectivity index (χ4n) is 1.49. The fourth-order valence-corrected chi connectivity index (χ4v) is 1.49. The monoisotopic (exact) mass is 215 g/mol. The van der Waals surface area contributed by atoms with Gasteiger partial charge in [-0.25, -0.2) is 0 Å². The van der Waals surface area contributed by atoms with E-state index >= 15 is 0 Å². The number of ether oxygens (including phenoxy) is 2. The van der Waals surface area contributed by atoms with E-state index < -0.39 is 5.60 Å². The molecule has 0 spiro atoms. The molecule has 1 unspecified atom stereocenters. The molecule has 1 N–H and O–H groups in total. The number of nitrogens with one attached hydrogen (secondary N) is 1. The van der Waals surface area contributed by atoms with E-state index in [1.165, 1.54) is 0 Å². The molecule has 4 nitrogen and oxygen atoms in total. The van der Waals surface area contributed by atoms with Crippen LogP contribution in [0.25, 0.3) is 0 Å². The first kappa shape index (κ1) is 12.5. The number of hydrogen-bond donors (Lipinski definition) is 1. The molecule has 4 heteroatoms. The molecule has 1 rings (SSSR count). The van der Waals surface area contributed by atoms with E-state index in [0.29, 0.717) is 13.2 Å². The molecule has 0 amide bonds. The van der Waals surface area contributed by atoms with Gasteiger partial charge >= 0.3 is 5.97 Å². The minimum atomic E-state index is -0.444. The van der Waals surface area contributed by atoms with Crippen LogP contribution < -0.4 is 5.32 Å². The molecule has 1 aliphatic heterocycles. The normalized spacial score (nSPS) is 26.1. The van der Waals surface area contributed by atoms with Crippen LogP contribution in [0.3, 0.4) is 0 Å². The first-order valence-electron chi connectivity index (χ1n) is 5.28. The predicted octanol–water partition coefficient (Wildman–Crippen LogP) is 1.10. The fraction of sp³-hybridized carbons (Fsp3) is 0.909. The van der Waals surface area contributed by atoms with Gasteiger partial charge in [-0.05, 0) is 34.6 Å². The first-order chi connectivity index (χ1) is 6.70. The van der Waals surface area contributed by atoms with Crippen molar-refractivity contribution in [2.24, 2.45) is 0 Å². The summed E-state index contributed by atoms with van der Waals surface area (Å²) in [5.41, 5.74) is -0.611. The SMILES string of the molecule is CC1(C)COCC(C(=O)OC(C)(C)C)N1. The van der Waals surface area contributed by atoms with Gasteiger partial charge in [-0.15, -0.1) is 0 Å². The van der Waals surface area contributed by atoms with Gasteiger partial charge < -0.3 is 9.47 Å². The zero-order valence-corrected chi connectivity index (χ0v) is 10.2. The number of carbonyl (C=O) groups excluding carboxylic acids is 1. The molecule has 0 aliphatic carbocycles. The quantitative estimate of drug-likeness (QED) is 0.665. The number of morpholine rings is 1. The average Bonchev–Trinajstić information content (AvgIpc) is 1.99. The summed E-state index contributed by atoms with van der Waals surface area (Å²) in [6, 6.07) is -0.354. The highest BCUT2D eigenvalue weighted by atomic mass is 16.6. The van der Waals surface area contributed by atoms with Crippen molar-refractivity contribution in [2.45, 2.75) is 51.8 Å². The molecule has 88 valence electrons. The van der Waals surface area contributed by atoms with Crippen molar-refractivity contribution in [3.05, 3.63) is 0 Å². The molecule has 0 radical (unpaired) electrons. The third-order valence-corrected chi connectivity index (χ3v) is 2.00. The summed E-state index contributed by atoms with van der Waals surface area (Å²) in [4.78, 5) is 11.7. The average molecular weight is 215 g/mol. The van der Waals surface area contributed by atoms with E-state index in [1.54, 1.807) is 0 Å². The highest BCUT2D eigenvalue weighted by Crippen LogP contribution is 2.14. The zero-order valence-electron chi connectivity index (χ0n) is 10.2. The molecular formula is C11H21NO3. The summed E-state index contributed by atoms with van der Waals surface area (Å²) in [6.07, 6.45) is 0. The smallest absolute Gasteiger partial charge is 0.326 e. The Morgan fingerprint density at radius 1 is 1.47 bits per heavy atom. The lowest BCUT2D eigenvalue weighted by atomic mass is 10.0. The lowest BCUT2D eigenvalue weighted by Gasteiger charge is -2.36. The Labute approximate surface area is 91.3 Å². The van der Waals surface area contributed by atoms with E-state index in [1.807, 2.05) is 34.6 Å². The van der Waals surface area contributed by atoms with Crippen LogP contribution in [0.2, 0.25) is 0 Å². The van der Waals surface area contributed by atoms with Crippen LogP contribution in [-0.2, 0) is 14.3 Å². The second-order valence-corrected chi connectivity index (χ2v) is 5.63. The molecule has 0 bridgehead atoms. The first-order valence-corrected chi connectivity index (χ1v) is 5.28. The molecule has 1 heterocycles. The van der Waals surface area contributed by atoms with Crippen LogP contribution in [0.1, 0.15) is 34.6 Å². The summed E-state index contributed by atoms with van der Waals surface area (Å²) >= 11 is 0. The van der Waals surface area contributed by atoms with Crippen LogP contribution in [-0.4, -0.2) is 36.4 Å². The molecule has 1 fully saturated rings. The Bertz CT molecular complexity index is 243. The topological polar surface area (TPSA) is 47.6 Å². The Hall–Kier alpha value is -0.610. The number of rotatable bonds is 1. The molecule has 0 aromatic rings. The van der Waals surface area contributed by atoms with E-state index in [2.05, 4.69) is 5.32 Å². The summed E-state index contributed by atoms with van der Waals surface area (Å²) in [6.45, 7) is 10.6. The van der Waals surface area contributed by atoms with Gasteiger partial charge in [0.1, 0.15) is 11.6 Å². The molecule has 0 saturated carbocycles.